The quantitative estimate of drug-likeness (QED) is 0.660. The maximum Gasteiger partial charge on any atom is 0.574 e. The molecule has 0 saturated heterocycles. The summed E-state index contributed by atoms with van der Waals surface area (Å²) in [5.74, 6) is -1.86. The lowest BCUT2D eigenvalue weighted by molar-refractivity contribution is -0.276. The Kier molecular flexibility index (Phi) is 2.56. The van der Waals surface area contributed by atoms with Crippen molar-refractivity contribution in [2.75, 3.05) is 0 Å². The van der Waals surface area contributed by atoms with E-state index in [0.29, 0.717) is 12.1 Å². The summed E-state index contributed by atoms with van der Waals surface area (Å²) in [7, 11) is 0. The van der Waals surface area contributed by atoms with Crippen molar-refractivity contribution in [3.8, 4) is 11.9 Å². The lowest BCUT2D eigenvalue weighted by Crippen LogP contribution is -2.18. The van der Waals surface area contributed by atoms with Gasteiger partial charge in [-0.25, -0.2) is 4.39 Å². The minimum atomic E-state index is -4.91. The van der Waals surface area contributed by atoms with Gasteiger partial charge in [0.25, 0.3) is 0 Å². The van der Waals surface area contributed by atoms with Gasteiger partial charge in [0, 0.05) is 6.07 Å². The van der Waals surface area contributed by atoms with Crippen LogP contribution in [-0.4, -0.2) is 11.3 Å². The predicted octanol–water partition coefficient (Wildman–Crippen LogP) is 1.99. The fourth-order valence-corrected chi connectivity index (χ4v) is 0.678. The third-order valence-electron chi connectivity index (χ3n) is 1.15. The van der Waals surface area contributed by atoms with E-state index in [1.165, 1.54) is 6.07 Å². The number of ether oxygens (including phenoxy) is 1. The third-order valence-corrected chi connectivity index (χ3v) is 1.15. The molecule has 0 N–H and O–H groups in total. The summed E-state index contributed by atoms with van der Waals surface area (Å²) in [6.07, 6.45) is -4.91. The fraction of sp³-hybridized carbons (Fsp3) is 0.143. The standard InChI is InChI=1S/C7H2F4N2O/c8-4-1-2-6(13-5(4)3-12)14-7(9,10)11/h1-2H. The predicted molar refractivity (Wildman–Crippen MR) is 35.6 cm³/mol. The fourth-order valence-electron chi connectivity index (χ4n) is 0.678. The van der Waals surface area contributed by atoms with Crippen LogP contribution in [0.2, 0.25) is 0 Å². The highest BCUT2D eigenvalue weighted by atomic mass is 19.4. The highest BCUT2D eigenvalue weighted by Crippen LogP contribution is 2.21. The summed E-state index contributed by atoms with van der Waals surface area (Å²) in [6, 6.07) is 2.65. The Hall–Kier alpha value is -1.84. The van der Waals surface area contributed by atoms with Crippen molar-refractivity contribution in [2.24, 2.45) is 0 Å². The molecule has 0 unspecified atom stereocenters. The molecule has 0 aliphatic carbocycles. The van der Waals surface area contributed by atoms with Gasteiger partial charge in [0.2, 0.25) is 5.88 Å². The van der Waals surface area contributed by atoms with E-state index in [1.807, 2.05) is 0 Å². The van der Waals surface area contributed by atoms with Gasteiger partial charge in [-0.05, 0) is 6.07 Å². The van der Waals surface area contributed by atoms with Gasteiger partial charge < -0.3 is 4.74 Å². The minimum absolute atomic E-state index is 0.673. The number of halogens is 4. The SMILES string of the molecule is N#Cc1nc(OC(F)(F)F)ccc1F. The maximum absolute atomic E-state index is 12.6. The summed E-state index contributed by atoms with van der Waals surface area (Å²) >= 11 is 0. The van der Waals surface area contributed by atoms with Gasteiger partial charge in [-0.2, -0.15) is 10.2 Å². The lowest BCUT2D eigenvalue weighted by Gasteiger charge is -2.07. The Morgan fingerprint density at radius 3 is 2.50 bits per heavy atom. The second kappa shape index (κ2) is 3.49. The number of hydrogen-bond donors (Lipinski definition) is 0. The second-order valence-electron chi connectivity index (χ2n) is 2.14. The topological polar surface area (TPSA) is 45.9 Å². The van der Waals surface area contributed by atoms with E-state index >= 15 is 0 Å². The van der Waals surface area contributed by atoms with Gasteiger partial charge in [0.15, 0.2) is 11.5 Å². The summed E-state index contributed by atoms with van der Waals surface area (Å²) in [4.78, 5) is 3.00. The number of hydrogen-bond acceptors (Lipinski definition) is 3. The molecule has 0 saturated carbocycles. The highest BCUT2D eigenvalue weighted by molar-refractivity contribution is 5.26. The zero-order valence-corrected chi connectivity index (χ0v) is 6.47. The lowest BCUT2D eigenvalue weighted by atomic mass is 10.3. The van der Waals surface area contributed by atoms with Crippen LogP contribution in [0.25, 0.3) is 0 Å². The van der Waals surface area contributed by atoms with Gasteiger partial charge in [0.1, 0.15) is 6.07 Å². The molecule has 1 aromatic heterocycles. The Bertz CT molecular complexity index is 382. The molecule has 0 radical (unpaired) electrons. The molecule has 0 aliphatic heterocycles. The number of rotatable bonds is 1. The Morgan fingerprint density at radius 1 is 1.36 bits per heavy atom. The Labute approximate surface area is 75.5 Å². The Morgan fingerprint density at radius 2 is 2.00 bits per heavy atom. The van der Waals surface area contributed by atoms with Crippen LogP contribution in [0, 0.1) is 17.1 Å². The number of aromatic nitrogens is 1. The van der Waals surface area contributed by atoms with Crippen LogP contribution in [0.3, 0.4) is 0 Å². The average Bonchev–Trinajstić information content (AvgIpc) is 2.06. The molecule has 0 atom stereocenters. The maximum atomic E-state index is 12.6. The monoisotopic (exact) mass is 206 g/mol. The van der Waals surface area contributed by atoms with Crippen molar-refractivity contribution in [3.05, 3.63) is 23.6 Å². The molecule has 0 fully saturated rings. The summed E-state index contributed by atoms with van der Waals surface area (Å²) in [5, 5.41) is 8.25. The molecule has 74 valence electrons. The largest absolute Gasteiger partial charge is 0.574 e. The van der Waals surface area contributed by atoms with Crippen LogP contribution in [0.5, 0.6) is 5.88 Å². The molecule has 14 heavy (non-hydrogen) atoms. The molecule has 0 aliphatic rings. The molecular weight excluding hydrogens is 204 g/mol. The van der Waals surface area contributed by atoms with Crippen LogP contribution >= 0.6 is 0 Å². The minimum Gasteiger partial charge on any atom is -0.388 e. The number of nitrogens with zero attached hydrogens (tertiary/aromatic N) is 2. The first kappa shape index (κ1) is 10.2. The van der Waals surface area contributed by atoms with E-state index < -0.39 is 23.8 Å². The van der Waals surface area contributed by atoms with Crippen molar-refractivity contribution in [1.82, 2.24) is 4.98 Å². The van der Waals surface area contributed by atoms with E-state index in [9.17, 15) is 17.6 Å². The van der Waals surface area contributed by atoms with E-state index in [2.05, 4.69) is 9.72 Å². The zero-order valence-electron chi connectivity index (χ0n) is 6.47. The van der Waals surface area contributed by atoms with E-state index in [-0.39, 0.29) is 0 Å². The van der Waals surface area contributed by atoms with Crippen molar-refractivity contribution >= 4 is 0 Å². The molecule has 0 amide bonds. The first-order valence-corrected chi connectivity index (χ1v) is 3.25. The number of pyridine rings is 1. The molecule has 1 rings (SSSR count). The van der Waals surface area contributed by atoms with Gasteiger partial charge in [-0.15, -0.1) is 13.2 Å². The second-order valence-corrected chi connectivity index (χ2v) is 2.14. The summed E-state index contributed by atoms with van der Waals surface area (Å²) in [5.41, 5.74) is -0.744. The van der Waals surface area contributed by atoms with Crippen molar-refractivity contribution in [2.45, 2.75) is 6.36 Å². The first-order valence-electron chi connectivity index (χ1n) is 3.25. The van der Waals surface area contributed by atoms with Crippen LogP contribution in [0.1, 0.15) is 5.69 Å². The summed E-state index contributed by atoms with van der Waals surface area (Å²) in [6.45, 7) is 0. The van der Waals surface area contributed by atoms with Crippen LogP contribution in [0.4, 0.5) is 17.6 Å². The highest BCUT2D eigenvalue weighted by Gasteiger charge is 2.32. The molecule has 0 aromatic carbocycles. The van der Waals surface area contributed by atoms with Crippen LogP contribution in [0.15, 0.2) is 12.1 Å². The molecule has 3 nitrogen and oxygen atoms in total. The number of nitriles is 1. The van der Waals surface area contributed by atoms with Crippen molar-refractivity contribution < 1.29 is 22.3 Å². The molecule has 7 heteroatoms. The van der Waals surface area contributed by atoms with E-state index in [0.717, 1.165) is 0 Å². The van der Waals surface area contributed by atoms with Crippen molar-refractivity contribution in [1.29, 1.82) is 5.26 Å². The molecule has 1 aromatic rings. The average molecular weight is 206 g/mol. The zero-order chi connectivity index (χ0) is 10.8. The smallest absolute Gasteiger partial charge is 0.388 e. The van der Waals surface area contributed by atoms with Gasteiger partial charge in [0.05, 0.1) is 0 Å². The van der Waals surface area contributed by atoms with Gasteiger partial charge in [-0.3, -0.25) is 0 Å². The van der Waals surface area contributed by atoms with Gasteiger partial charge >= 0.3 is 6.36 Å². The summed E-state index contributed by atoms with van der Waals surface area (Å²) < 4.78 is 50.9. The Balaban J connectivity index is 2.97. The first-order chi connectivity index (χ1) is 6.42. The number of alkyl halides is 3. The van der Waals surface area contributed by atoms with Crippen LogP contribution < -0.4 is 4.74 Å². The normalized spacial score (nSPS) is 10.8. The van der Waals surface area contributed by atoms with E-state index in [4.69, 9.17) is 5.26 Å². The third kappa shape index (κ3) is 2.58. The molecule has 0 bridgehead atoms. The van der Waals surface area contributed by atoms with Crippen molar-refractivity contribution in [3.63, 3.8) is 0 Å². The van der Waals surface area contributed by atoms with Crippen LogP contribution in [-0.2, 0) is 0 Å². The molecule has 1 heterocycles. The van der Waals surface area contributed by atoms with Gasteiger partial charge in [-0.1, -0.05) is 0 Å². The molecular formula is C7H2F4N2O. The van der Waals surface area contributed by atoms with E-state index in [1.54, 1.807) is 0 Å². The molecule has 0 spiro atoms.